The van der Waals surface area contributed by atoms with Crippen molar-refractivity contribution in [2.24, 2.45) is 0 Å². The van der Waals surface area contributed by atoms with E-state index in [9.17, 15) is 16.8 Å². The fraction of sp³-hybridized carbons (Fsp3) is 0.0370. The molecule has 176 valence electrons. The van der Waals surface area contributed by atoms with Gasteiger partial charge >= 0.3 is 20.2 Å². The van der Waals surface area contributed by atoms with Gasteiger partial charge in [-0.1, -0.05) is 103 Å². The molecule has 5 aromatic carbocycles. The van der Waals surface area contributed by atoms with E-state index in [1.54, 1.807) is 54.6 Å². The monoisotopic (exact) mass is 504 g/mol. The van der Waals surface area contributed by atoms with Crippen molar-refractivity contribution in [2.75, 3.05) is 0 Å². The first kappa shape index (κ1) is 22.9. The van der Waals surface area contributed by atoms with Crippen LogP contribution in [0.25, 0.3) is 21.5 Å². The van der Waals surface area contributed by atoms with Gasteiger partial charge in [0.1, 0.15) is 11.5 Å². The minimum absolute atomic E-state index is 0.00738. The average Bonchev–Trinajstić information content (AvgIpc) is 2.84. The summed E-state index contributed by atoms with van der Waals surface area (Å²) in [5.41, 5.74) is 0.00738. The van der Waals surface area contributed by atoms with E-state index in [2.05, 4.69) is 0 Å². The van der Waals surface area contributed by atoms with Gasteiger partial charge < -0.3 is 8.37 Å². The van der Waals surface area contributed by atoms with E-state index in [0.717, 1.165) is 10.8 Å². The molecule has 0 atom stereocenters. The first-order valence-corrected chi connectivity index (χ1v) is 13.7. The summed E-state index contributed by atoms with van der Waals surface area (Å²) in [6.45, 7) is 0. The maximum atomic E-state index is 13.6. The number of benzene rings is 5. The molecule has 0 N–H and O–H groups in total. The van der Waals surface area contributed by atoms with Crippen LogP contribution in [-0.2, 0) is 20.2 Å². The van der Waals surface area contributed by atoms with Crippen molar-refractivity contribution in [1.29, 1.82) is 0 Å². The third-order valence-corrected chi connectivity index (χ3v) is 9.34. The van der Waals surface area contributed by atoms with E-state index in [4.69, 9.17) is 8.37 Å². The summed E-state index contributed by atoms with van der Waals surface area (Å²) in [7, 11) is -9.53. The second-order valence-corrected chi connectivity index (χ2v) is 11.4. The lowest BCUT2D eigenvalue weighted by Crippen LogP contribution is -2.29. The Labute approximate surface area is 203 Å². The molecular weight excluding hydrogens is 484 g/mol. The van der Waals surface area contributed by atoms with Crippen LogP contribution in [0.5, 0.6) is 11.5 Å². The summed E-state index contributed by atoms with van der Waals surface area (Å²) in [6.07, 6.45) is 0. The Morgan fingerprint density at radius 1 is 0.457 bits per heavy atom. The van der Waals surface area contributed by atoms with E-state index in [1.807, 2.05) is 36.4 Å². The lowest BCUT2D eigenvalue weighted by Gasteiger charge is -2.20. The second kappa shape index (κ2) is 9.05. The van der Waals surface area contributed by atoms with Crippen molar-refractivity contribution in [3.05, 3.63) is 121 Å². The summed E-state index contributed by atoms with van der Waals surface area (Å²) in [6, 6.07) is 31.6. The zero-order valence-corrected chi connectivity index (χ0v) is 19.9. The van der Waals surface area contributed by atoms with Gasteiger partial charge in [0, 0.05) is 10.8 Å². The highest BCUT2D eigenvalue weighted by Crippen LogP contribution is 2.36. The molecule has 0 radical (unpaired) electrons. The van der Waals surface area contributed by atoms with E-state index in [1.165, 1.54) is 24.3 Å². The zero-order chi connectivity index (χ0) is 24.5. The van der Waals surface area contributed by atoms with Crippen molar-refractivity contribution < 1.29 is 25.2 Å². The molecule has 6 nitrogen and oxygen atoms in total. The topological polar surface area (TPSA) is 86.7 Å². The highest BCUT2D eigenvalue weighted by atomic mass is 32.3. The van der Waals surface area contributed by atoms with Crippen molar-refractivity contribution in [3.63, 3.8) is 0 Å². The Morgan fingerprint density at radius 2 is 0.857 bits per heavy atom. The molecule has 0 fully saturated rings. The van der Waals surface area contributed by atoms with Crippen LogP contribution in [0.1, 0.15) is 10.1 Å². The predicted octanol–water partition coefficient (Wildman–Crippen LogP) is 5.81. The summed E-state index contributed by atoms with van der Waals surface area (Å²) >= 11 is 0. The minimum Gasteiger partial charge on any atom is -0.380 e. The Morgan fingerprint density at radius 3 is 1.34 bits per heavy atom. The number of rotatable bonds is 7. The normalized spacial score (nSPS) is 12.1. The Bertz CT molecular complexity index is 1610. The Hall–Kier alpha value is -3.88. The summed E-state index contributed by atoms with van der Waals surface area (Å²) < 4.78 is 63.0. The van der Waals surface area contributed by atoms with E-state index < -0.39 is 24.8 Å². The SMILES string of the molecule is O=S(=O)(Oc1cccc2ccccc12)C(c1ccccc1)S(=O)(=O)Oc1cccc2ccccc12. The molecule has 0 aromatic heterocycles. The van der Waals surface area contributed by atoms with Gasteiger partial charge in [0.05, 0.1) is 0 Å². The maximum absolute atomic E-state index is 13.6. The Kier molecular flexibility index (Phi) is 5.92. The van der Waals surface area contributed by atoms with E-state index >= 15 is 0 Å². The van der Waals surface area contributed by atoms with Crippen molar-refractivity contribution in [3.8, 4) is 11.5 Å². The molecule has 35 heavy (non-hydrogen) atoms. The van der Waals surface area contributed by atoms with Crippen LogP contribution in [-0.4, -0.2) is 16.8 Å². The maximum Gasteiger partial charge on any atom is 0.334 e. The molecule has 0 aliphatic rings. The van der Waals surface area contributed by atoms with Crippen LogP contribution in [0.15, 0.2) is 115 Å². The van der Waals surface area contributed by atoms with Gasteiger partial charge in [-0.05, 0) is 28.5 Å². The Balaban J connectivity index is 1.60. The largest absolute Gasteiger partial charge is 0.380 e. The first-order chi connectivity index (χ1) is 16.9. The smallest absolute Gasteiger partial charge is 0.334 e. The predicted molar refractivity (Wildman–Crippen MR) is 136 cm³/mol. The van der Waals surface area contributed by atoms with Crippen LogP contribution < -0.4 is 8.37 Å². The second-order valence-electron chi connectivity index (χ2n) is 7.85. The van der Waals surface area contributed by atoms with Gasteiger partial charge in [0.2, 0.25) is 0 Å². The standard InChI is InChI=1S/C27H20O6S2/c28-34(29,32-25-18-8-14-20-10-4-6-16-23(20)25)27(22-12-2-1-3-13-22)35(30,31)33-26-19-9-15-21-11-5-7-17-24(21)26/h1-19,27H. The van der Waals surface area contributed by atoms with Crippen LogP contribution in [0.2, 0.25) is 0 Å². The highest BCUT2D eigenvalue weighted by Gasteiger charge is 2.43. The van der Waals surface area contributed by atoms with E-state index in [0.29, 0.717) is 10.8 Å². The van der Waals surface area contributed by atoms with Crippen molar-refractivity contribution in [2.45, 2.75) is 4.58 Å². The number of hydrogen-bond donors (Lipinski definition) is 0. The molecule has 0 spiro atoms. The van der Waals surface area contributed by atoms with Crippen LogP contribution in [0.3, 0.4) is 0 Å². The van der Waals surface area contributed by atoms with Crippen molar-refractivity contribution >= 4 is 41.8 Å². The van der Waals surface area contributed by atoms with Gasteiger partial charge in [-0.2, -0.15) is 16.8 Å². The van der Waals surface area contributed by atoms with Crippen molar-refractivity contribution in [1.82, 2.24) is 0 Å². The summed E-state index contributed by atoms with van der Waals surface area (Å²) in [5, 5.41) is 2.59. The molecule has 0 aliphatic heterocycles. The van der Waals surface area contributed by atoms with Gasteiger partial charge in [-0.3, -0.25) is 0 Å². The molecule has 5 aromatic rings. The summed E-state index contributed by atoms with van der Waals surface area (Å²) in [5.74, 6) is 0.0637. The first-order valence-electron chi connectivity index (χ1n) is 10.7. The molecule has 0 heterocycles. The molecule has 0 saturated heterocycles. The number of hydrogen-bond acceptors (Lipinski definition) is 6. The molecule has 8 heteroatoms. The molecule has 0 unspecified atom stereocenters. The zero-order valence-electron chi connectivity index (χ0n) is 18.3. The third kappa shape index (κ3) is 4.58. The summed E-state index contributed by atoms with van der Waals surface area (Å²) in [4.78, 5) is 0. The van der Waals surface area contributed by atoms with Gasteiger partial charge in [-0.25, -0.2) is 0 Å². The molecule has 0 saturated carbocycles. The lowest BCUT2D eigenvalue weighted by molar-refractivity contribution is 0.463. The minimum atomic E-state index is -4.76. The quantitative estimate of drug-likeness (QED) is 0.260. The van der Waals surface area contributed by atoms with Crippen LogP contribution in [0.4, 0.5) is 0 Å². The lowest BCUT2D eigenvalue weighted by atomic mass is 10.1. The van der Waals surface area contributed by atoms with Gasteiger partial charge in [-0.15, -0.1) is 0 Å². The molecule has 0 bridgehead atoms. The molecule has 0 aliphatic carbocycles. The molecule has 5 rings (SSSR count). The van der Waals surface area contributed by atoms with Gasteiger partial charge in [0.25, 0.3) is 4.58 Å². The van der Waals surface area contributed by atoms with Gasteiger partial charge in [0.15, 0.2) is 0 Å². The molecule has 0 amide bonds. The molecular formula is C27H20O6S2. The van der Waals surface area contributed by atoms with E-state index in [-0.39, 0.29) is 17.1 Å². The fourth-order valence-corrected chi connectivity index (χ4v) is 7.30. The number of fused-ring (bicyclic) bond motifs is 2. The van der Waals surface area contributed by atoms with Crippen LogP contribution >= 0.6 is 0 Å². The average molecular weight is 505 g/mol. The fourth-order valence-electron chi connectivity index (χ4n) is 3.96. The van der Waals surface area contributed by atoms with Crippen LogP contribution in [0, 0.1) is 0 Å². The third-order valence-electron chi connectivity index (χ3n) is 5.51. The highest BCUT2D eigenvalue weighted by molar-refractivity contribution is 8.04.